The molecule has 3 aliphatic rings. The van der Waals surface area contributed by atoms with Gasteiger partial charge in [0.05, 0.1) is 5.56 Å². The molecule has 0 unspecified atom stereocenters. The molecule has 1 aromatic heterocycles. The molecule has 0 radical (unpaired) electrons. The van der Waals surface area contributed by atoms with E-state index >= 15 is 0 Å². The molecule has 7 heteroatoms. The van der Waals surface area contributed by atoms with Gasteiger partial charge in [0.1, 0.15) is 11.6 Å². The number of rotatable bonds is 3. The molecular formula is C20H22FN3O3. The average Bonchev–Trinajstić information content (AvgIpc) is 2.94. The summed E-state index contributed by atoms with van der Waals surface area (Å²) in [5.41, 5.74) is 0.744. The van der Waals surface area contributed by atoms with Gasteiger partial charge in [-0.2, -0.15) is 0 Å². The second-order valence-corrected chi connectivity index (χ2v) is 7.47. The van der Waals surface area contributed by atoms with Crippen molar-refractivity contribution in [1.29, 1.82) is 0 Å². The highest BCUT2D eigenvalue weighted by Crippen LogP contribution is 2.31. The molecule has 4 heterocycles. The van der Waals surface area contributed by atoms with Crippen molar-refractivity contribution in [3.05, 3.63) is 63.8 Å². The number of hydrogen-bond donors (Lipinski definition) is 2. The quantitative estimate of drug-likeness (QED) is 0.865. The molecule has 1 amide bonds. The van der Waals surface area contributed by atoms with E-state index in [4.69, 9.17) is 0 Å². The Labute approximate surface area is 156 Å². The Hall–Kier alpha value is -2.67. The van der Waals surface area contributed by atoms with Crippen LogP contribution in [0.25, 0.3) is 0 Å². The molecule has 3 aliphatic heterocycles. The van der Waals surface area contributed by atoms with Crippen LogP contribution in [0.2, 0.25) is 0 Å². The lowest BCUT2D eigenvalue weighted by molar-refractivity contribution is 0.0581. The van der Waals surface area contributed by atoms with E-state index in [1.165, 1.54) is 18.3 Å². The number of aromatic hydroxyl groups is 1. The zero-order valence-electron chi connectivity index (χ0n) is 14.9. The lowest BCUT2D eigenvalue weighted by Crippen LogP contribution is -2.47. The number of amides is 1. The Morgan fingerprint density at radius 2 is 1.96 bits per heavy atom. The highest BCUT2D eigenvalue weighted by Gasteiger charge is 2.38. The normalized spacial score (nSPS) is 22.6. The number of benzene rings is 1. The molecular weight excluding hydrogens is 349 g/mol. The number of aromatic amines is 1. The maximum Gasteiger partial charge on any atom is 0.259 e. The van der Waals surface area contributed by atoms with E-state index in [1.54, 1.807) is 12.1 Å². The zero-order valence-corrected chi connectivity index (χ0v) is 14.9. The lowest BCUT2D eigenvalue weighted by Gasteiger charge is -2.36. The van der Waals surface area contributed by atoms with Crippen LogP contribution in [0.3, 0.4) is 0 Å². The number of pyridine rings is 1. The Balaban J connectivity index is 1.51. The van der Waals surface area contributed by atoms with E-state index in [-0.39, 0.29) is 29.1 Å². The number of aromatic nitrogens is 1. The molecule has 1 aromatic carbocycles. The first-order chi connectivity index (χ1) is 13.0. The van der Waals surface area contributed by atoms with Gasteiger partial charge in [-0.25, -0.2) is 4.39 Å². The van der Waals surface area contributed by atoms with Gasteiger partial charge in [-0.15, -0.1) is 0 Å². The molecule has 2 aromatic rings. The predicted octanol–water partition coefficient (Wildman–Crippen LogP) is 1.96. The summed E-state index contributed by atoms with van der Waals surface area (Å²) < 4.78 is 13.1. The van der Waals surface area contributed by atoms with Crippen molar-refractivity contribution >= 4 is 5.91 Å². The van der Waals surface area contributed by atoms with Crippen molar-refractivity contribution in [3.8, 4) is 5.75 Å². The molecule has 2 N–H and O–H groups in total. The van der Waals surface area contributed by atoms with Crippen LogP contribution >= 0.6 is 0 Å². The molecule has 2 bridgehead atoms. The van der Waals surface area contributed by atoms with Gasteiger partial charge in [-0.3, -0.25) is 14.5 Å². The van der Waals surface area contributed by atoms with Crippen LogP contribution in [0.1, 0.15) is 28.8 Å². The molecule has 3 fully saturated rings. The van der Waals surface area contributed by atoms with Gasteiger partial charge >= 0.3 is 0 Å². The van der Waals surface area contributed by atoms with Crippen LogP contribution in [0, 0.1) is 11.7 Å². The van der Waals surface area contributed by atoms with Gasteiger partial charge in [-0.1, -0.05) is 12.1 Å². The smallest absolute Gasteiger partial charge is 0.259 e. The fraction of sp³-hybridized carbons (Fsp3) is 0.400. The summed E-state index contributed by atoms with van der Waals surface area (Å²) in [4.78, 5) is 30.9. The van der Waals surface area contributed by atoms with Crippen molar-refractivity contribution in [2.24, 2.45) is 5.92 Å². The van der Waals surface area contributed by atoms with Crippen molar-refractivity contribution < 1.29 is 14.3 Å². The molecule has 0 aliphatic carbocycles. The third-order valence-corrected chi connectivity index (χ3v) is 5.50. The second kappa shape index (κ2) is 7.15. The second-order valence-electron chi connectivity index (χ2n) is 7.47. The molecule has 6 nitrogen and oxygen atoms in total. The number of carbonyl (C=O) groups is 1. The van der Waals surface area contributed by atoms with Crippen LogP contribution < -0.4 is 5.56 Å². The molecule has 2 atom stereocenters. The SMILES string of the molecule is O=C(c1c[nH]c(=O)cc1O)N1C[C@H]2CC[C@@H]1CN(Cc1ccc(F)cc1)C2. The van der Waals surface area contributed by atoms with E-state index < -0.39 is 5.56 Å². The van der Waals surface area contributed by atoms with Crippen molar-refractivity contribution in [2.75, 3.05) is 19.6 Å². The molecule has 27 heavy (non-hydrogen) atoms. The summed E-state index contributed by atoms with van der Waals surface area (Å²) in [5.74, 6) is -0.417. The third kappa shape index (κ3) is 3.73. The monoisotopic (exact) mass is 371 g/mol. The highest BCUT2D eigenvalue weighted by atomic mass is 19.1. The zero-order chi connectivity index (χ0) is 19.0. The van der Waals surface area contributed by atoms with Crippen molar-refractivity contribution in [3.63, 3.8) is 0 Å². The van der Waals surface area contributed by atoms with Crippen LogP contribution in [0.15, 0.2) is 41.3 Å². The van der Waals surface area contributed by atoms with Crippen molar-refractivity contribution in [2.45, 2.75) is 25.4 Å². The summed E-state index contributed by atoms with van der Waals surface area (Å²) in [5, 5.41) is 9.99. The van der Waals surface area contributed by atoms with Gasteiger partial charge in [-0.05, 0) is 36.5 Å². The van der Waals surface area contributed by atoms with E-state index in [1.807, 2.05) is 4.90 Å². The van der Waals surface area contributed by atoms with Crippen LogP contribution in [-0.2, 0) is 6.54 Å². The standard InChI is InChI=1S/C20H22FN3O3/c21-15-4-1-13(2-5-15)9-23-10-14-3-6-16(12-23)24(11-14)20(27)17-8-22-19(26)7-18(17)25/h1-2,4-5,7-8,14,16H,3,6,9-12H2,(H2,22,25,26)/t14-,16+/m0/s1. The van der Waals surface area contributed by atoms with E-state index in [0.29, 0.717) is 12.5 Å². The lowest BCUT2D eigenvalue weighted by atomic mass is 9.94. The number of halogens is 1. The topological polar surface area (TPSA) is 76.6 Å². The van der Waals surface area contributed by atoms with Crippen LogP contribution in [-0.4, -0.2) is 51.5 Å². The Morgan fingerprint density at radius 3 is 2.70 bits per heavy atom. The van der Waals surface area contributed by atoms with Crippen LogP contribution in [0.4, 0.5) is 4.39 Å². The van der Waals surface area contributed by atoms with E-state index in [9.17, 15) is 19.1 Å². The van der Waals surface area contributed by atoms with Crippen LogP contribution in [0.5, 0.6) is 5.75 Å². The Bertz CT molecular complexity index is 896. The summed E-state index contributed by atoms with van der Waals surface area (Å²) >= 11 is 0. The van der Waals surface area contributed by atoms with Gasteiger partial charge in [0.2, 0.25) is 0 Å². The molecule has 5 rings (SSSR count). The number of piperidine rings is 1. The minimum absolute atomic E-state index is 0.0584. The van der Waals surface area contributed by atoms with Gasteiger partial charge < -0.3 is 15.0 Å². The van der Waals surface area contributed by atoms with E-state index in [2.05, 4.69) is 9.88 Å². The summed E-state index contributed by atoms with van der Waals surface area (Å²) in [7, 11) is 0. The number of H-pyrrole nitrogens is 1. The maximum absolute atomic E-state index is 13.1. The number of nitrogens with zero attached hydrogens (tertiary/aromatic N) is 2. The highest BCUT2D eigenvalue weighted by molar-refractivity contribution is 5.96. The third-order valence-electron chi connectivity index (χ3n) is 5.50. The Kier molecular flexibility index (Phi) is 4.70. The molecule has 142 valence electrons. The number of hydrogen-bond acceptors (Lipinski definition) is 4. The van der Waals surface area contributed by atoms with E-state index in [0.717, 1.165) is 44.1 Å². The largest absolute Gasteiger partial charge is 0.507 e. The molecule has 3 saturated heterocycles. The summed E-state index contributed by atoms with van der Waals surface area (Å²) in [6.07, 6.45) is 3.27. The average molecular weight is 371 g/mol. The maximum atomic E-state index is 13.1. The number of fused-ring (bicyclic) bond motifs is 4. The first-order valence-corrected chi connectivity index (χ1v) is 9.19. The fourth-order valence-electron chi connectivity index (χ4n) is 4.19. The molecule has 0 saturated carbocycles. The minimum atomic E-state index is -0.438. The van der Waals surface area contributed by atoms with Gasteiger partial charge in [0.15, 0.2) is 0 Å². The van der Waals surface area contributed by atoms with Crippen molar-refractivity contribution in [1.82, 2.24) is 14.8 Å². The minimum Gasteiger partial charge on any atom is -0.507 e. The number of nitrogens with one attached hydrogen (secondary N) is 1. The summed E-state index contributed by atoms with van der Waals surface area (Å²) in [6, 6.07) is 7.62. The van der Waals surface area contributed by atoms with Gasteiger partial charge in [0.25, 0.3) is 11.5 Å². The van der Waals surface area contributed by atoms with Gasteiger partial charge in [0, 0.05) is 44.5 Å². The number of carbonyl (C=O) groups excluding carboxylic acids is 1. The first-order valence-electron chi connectivity index (χ1n) is 9.19. The fourth-order valence-corrected chi connectivity index (χ4v) is 4.19. The summed E-state index contributed by atoms with van der Waals surface area (Å²) in [6.45, 7) is 2.99. The Morgan fingerprint density at radius 1 is 1.19 bits per heavy atom. The first kappa shape index (κ1) is 17.7. The predicted molar refractivity (Wildman–Crippen MR) is 98.0 cm³/mol. The molecule has 0 spiro atoms.